The van der Waals surface area contributed by atoms with Crippen LogP contribution in [0.4, 0.5) is 11.4 Å². The maximum Gasteiger partial charge on any atom is 0.337 e. The number of carboxylic acid groups (broad SMARTS) is 1. The van der Waals surface area contributed by atoms with Gasteiger partial charge in [0.25, 0.3) is 5.69 Å². The maximum absolute atomic E-state index is 11.9. The average molecular weight is 278 g/mol. The molecule has 1 saturated heterocycles. The molecule has 1 fully saturated rings. The Kier molecular flexibility index (Phi) is 3.23. The number of non-ortho nitro benzene ring substituents is 1. The molecular weight excluding hydrogens is 268 g/mol. The zero-order valence-electron chi connectivity index (χ0n) is 10.4. The van der Waals surface area contributed by atoms with E-state index in [-0.39, 0.29) is 23.4 Å². The fraction of sp³-hybridized carbons (Fsp3) is 0.250. The molecule has 8 heteroatoms. The van der Waals surface area contributed by atoms with E-state index in [0.29, 0.717) is 4.90 Å². The Morgan fingerprint density at radius 1 is 1.45 bits per heavy atom. The molecule has 104 valence electrons. The highest BCUT2D eigenvalue weighted by Gasteiger charge is 2.39. The standard InChI is InChI=1S/C12H10N2O6/c1-6-4-10(15)13(11(6)16)9-5-7(14(19)20)2-3-8(9)12(17)18/h2-3,5-6H,4H2,1H3,(H,17,18). The van der Waals surface area contributed by atoms with E-state index >= 15 is 0 Å². The lowest BCUT2D eigenvalue weighted by Gasteiger charge is -2.16. The van der Waals surface area contributed by atoms with Crippen LogP contribution in [0, 0.1) is 16.0 Å². The van der Waals surface area contributed by atoms with Crippen molar-refractivity contribution in [3.05, 3.63) is 33.9 Å². The van der Waals surface area contributed by atoms with Crippen molar-refractivity contribution in [2.45, 2.75) is 13.3 Å². The molecule has 2 amide bonds. The Bertz CT molecular complexity index is 639. The topological polar surface area (TPSA) is 118 Å². The second-order valence-electron chi connectivity index (χ2n) is 4.44. The molecule has 0 radical (unpaired) electrons. The second kappa shape index (κ2) is 4.72. The number of anilines is 1. The van der Waals surface area contributed by atoms with Gasteiger partial charge in [-0.15, -0.1) is 0 Å². The summed E-state index contributed by atoms with van der Waals surface area (Å²) in [6.07, 6.45) is -0.0411. The lowest BCUT2D eigenvalue weighted by molar-refractivity contribution is -0.384. The van der Waals surface area contributed by atoms with Crippen molar-refractivity contribution in [2.24, 2.45) is 5.92 Å². The highest BCUT2D eigenvalue weighted by Crippen LogP contribution is 2.32. The molecule has 1 aliphatic rings. The third-order valence-corrected chi connectivity index (χ3v) is 3.04. The maximum atomic E-state index is 11.9. The summed E-state index contributed by atoms with van der Waals surface area (Å²) in [5.74, 6) is -3.05. The van der Waals surface area contributed by atoms with E-state index in [1.54, 1.807) is 0 Å². The number of carbonyl (C=O) groups is 3. The van der Waals surface area contributed by atoms with Gasteiger partial charge in [0.2, 0.25) is 11.8 Å². The molecule has 1 aliphatic heterocycles. The molecule has 1 aromatic carbocycles. The van der Waals surface area contributed by atoms with Crippen molar-refractivity contribution in [1.82, 2.24) is 0 Å². The molecule has 0 aliphatic carbocycles. The van der Waals surface area contributed by atoms with Crippen molar-refractivity contribution in [3.8, 4) is 0 Å². The third kappa shape index (κ3) is 2.11. The summed E-state index contributed by atoms with van der Waals surface area (Å²) in [6.45, 7) is 1.54. The molecule has 1 aromatic rings. The number of hydrogen-bond donors (Lipinski definition) is 1. The van der Waals surface area contributed by atoms with Gasteiger partial charge >= 0.3 is 5.97 Å². The smallest absolute Gasteiger partial charge is 0.337 e. The van der Waals surface area contributed by atoms with Crippen LogP contribution in [0.1, 0.15) is 23.7 Å². The van der Waals surface area contributed by atoms with Crippen LogP contribution >= 0.6 is 0 Å². The number of rotatable bonds is 3. The monoisotopic (exact) mass is 278 g/mol. The first-order valence-corrected chi connectivity index (χ1v) is 5.71. The van der Waals surface area contributed by atoms with Crippen molar-refractivity contribution in [2.75, 3.05) is 4.90 Å². The normalized spacial score (nSPS) is 18.4. The summed E-state index contributed by atoms with van der Waals surface area (Å²) in [4.78, 5) is 45.6. The number of benzene rings is 1. The molecule has 0 aromatic heterocycles. The van der Waals surface area contributed by atoms with Gasteiger partial charge in [0.05, 0.1) is 16.2 Å². The molecule has 0 spiro atoms. The molecule has 20 heavy (non-hydrogen) atoms. The van der Waals surface area contributed by atoms with Crippen LogP contribution in [0.3, 0.4) is 0 Å². The Balaban J connectivity index is 2.61. The minimum Gasteiger partial charge on any atom is -0.478 e. The van der Waals surface area contributed by atoms with Crippen molar-refractivity contribution in [3.63, 3.8) is 0 Å². The van der Waals surface area contributed by atoms with Crippen LogP contribution in [0.15, 0.2) is 18.2 Å². The highest BCUT2D eigenvalue weighted by atomic mass is 16.6. The van der Waals surface area contributed by atoms with E-state index in [0.717, 1.165) is 18.2 Å². The highest BCUT2D eigenvalue weighted by molar-refractivity contribution is 6.22. The number of nitrogens with zero attached hydrogens (tertiary/aromatic N) is 2. The van der Waals surface area contributed by atoms with E-state index in [4.69, 9.17) is 5.11 Å². The number of imide groups is 1. The van der Waals surface area contributed by atoms with E-state index in [1.807, 2.05) is 0 Å². The van der Waals surface area contributed by atoms with Crippen molar-refractivity contribution < 1.29 is 24.4 Å². The van der Waals surface area contributed by atoms with Crippen molar-refractivity contribution in [1.29, 1.82) is 0 Å². The van der Waals surface area contributed by atoms with Gasteiger partial charge in [0.15, 0.2) is 0 Å². The first kappa shape index (κ1) is 13.7. The third-order valence-electron chi connectivity index (χ3n) is 3.04. The predicted molar refractivity (Wildman–Crippen MR) is 66.3 cm³/mol. The lowest BCUT2D eigenvalue weighted by atomic mass is 10.1. The number of amides is 2. The zero-order chi connectivity index (χ0) is 15.0. The molecule has 1 heterocycles. The van der Waals surface area contributed by atoms with Crippen LogP contribution in [0.25, 0.3) is 0 Å². The van der Waals surface area contributed by atoms with Gasteiger partial charge in [-0.25, -0.2) is 9.69 Å². The summed E-state index contributed by atoms with van der Waals surface area (Å²) in [5, 5.41) is 19.8. The summed E-state index contributed by atoms with van der Waals surface area (Å²) in [6, 6.07) is 2.96. The van der Waals surface area contributed by atoms with Crippen LogP contribution in [-0.4, -0.2) is 27.8 Å². The van der Waals surface area contributed by atoms with Crippen LogP contribution < -0.4 is 4.90 Å². The van der Waals surface area contributed by atoms with Crippen LogP contribution in [0.5, 0.6) is 0 Å². The van der Waals surface area contributed by atoms with Crippen LogP contribution in [0.2, 0.25) is 0 Å². The average Bonchev–Trinajstić information content (AvgIpc) is 2.62. The second-order valence-corrected chi connectivity index (χ2v) is 4.44. The Morgan fingerprint density at radius 3 is 2.55 bits per heavy atom. The van der Waals surface area contributed by atoms with E-state index < -0.39 is 28.6 Å². The quantitative estimate of drug-likeness (QED) is 0.504. The Hall–Kier alpha value is -2.77. The number of carbonyl (C=O) groups excluding carboxylic acids is 2. The van der Waals surface area contributed by atoms with Gasteiger partial charge in [-0.05, 0) is 6.07 Å². The molecule has 1 unspecified atom stereocenters. The Morgan fingerprint density at radius 2 is 2.10 bits per heavy atom. The molecule has 2 rings (SSSR count). The van der Waals surface area contributed by atoms with Crippen molar-refractivity contribution >= 4 is 29.2 Å². The van der Waals surface area contributed by atoms with Gasteiger partial charge in [-0.2, -0.15) is 0 Å². The zero-order valence-corrected chi connectivity index (χ0v) is 10.4. The minimum absolute atomic E-state index is 0.0411. The van der Waals surface area contributed by atoms with Gasteiger partial charge in [-0.3, -0.25) is 19.7 Å². The summed E-state index contributed by atoms with van der Waals surface area (Å²) < 4.78 is 0. The molecule has 1 N–H and O–H groups in total. The SMILES string of the molecule is CC1CC(=O)N(c2cc([N+](=O)[O-])ccc2C(=O)O)C1=O. The summed E-state index contributed by atoms with van der Waals surface area (Å²) in [5.41, 5.74) is -0.970. The van der Waals surface area contributed by atoms with E-state index in [2.05, 4.69) is 0 Å². The summed E-state index contributed by atoms with van der Waals surface area (Å²) in [7, 11) is 0. The Labute approximate surface area is 112 Å². The van der Waals surface area contributed by atoms with Gasteiger partial charge < -0.3 is 5.11 Å². The van der Waals surface area contributed by atoms with Gasteiger partial charge in [-0.1, -0.05) is 6.92 Å². The number of aromatic carboxylic acids is 1. The van der Waals surface area contributed by atoms with E-state index in [1.165, 1.54) is 6.92 Å². The summed E-state index contributed by atoms with van der Waals surface area (Å²) >= 11 is 0. The van der Waals surface area contributed by atoms with E-state index in [9.17, 15) is 24.5 Å². The first-order valence-electron chi connectivity index (χ1n) is 5.71. The number of nitro benzene ring substituents is 1. The van der Waals surface area contributed by atoms with Crippen LogP contribution in [-0.2, 0) is 9.59 Å². The molecule has 0 bridgehead atoms. The minimum atomic E-state index is -1.37. The fourth-order valence-electron chi connectivity index (χ4n) is 2.04. The number of carboxylic acids is 1. The van der Waals surface area contributed by atoms with Gasteiger partial charge in [0, 0.05) is 24.5 Å². The molecule has 0 saturated carbocycles. The molecule has 8 nitrogen and oxygen atoms in total. The lowest BCUT2D eigenvalue weighted by Crippen LogP contribution is -2.31. The largest absolute Gasteiger partial charge is 0.478 e. The first-order chi connectivity index (χ1) is 9.32. The number of nitro groups is 1. The molecular formula is C12H10N2O6. The fourth-order valence-corrected chi connectivity index (χ4v) is 2.04. The number of hydrogen-bond acceptors (Lipinski definition) is 5. The van der Waals surface area contributed by atoms with Gasteiger partial charge in [0.1, 0.15) is 0 Å². The molecule has 1 atom stereocenters. The predicted octanol–water partition coefficient (Wildman–Crippen LogP) is 1.19.